The van der Waals surface area contributed by atoms with Crippen LogP contribution in [0.3, 0.4) is 0 Å². The molecular weight excluding hydrogens is 264 g/mol. The Hall–Kier alpha value is -1.63. The Morgan fingerprint density at radius 1 is 1.16 bits per heavy atom. The summed E-state index contributed by atoms with van der Waals surface area (Å²) in [4.78, 5) is 0.267. The first-order valence-electron chi connectivity index (χ1n) is 5.86. The second-order valence-corrected chi connectivity index (χ2v) is 5.90. The van der Waals surface area contributed by atoms with Crippen LogP contribution in [-0.2, 0) is 23.1 Å². The third kappa shape index (κ3) is 3.66. The van der Waals surface area contributed by atoms with E-state index in [0.717, 1.165) is 11.1 Å². The van der Waals surface area contributed by atoms with Crippen molar-refractivity contribution in [2.24, 2.45) is 0 Å². The second-order valence-electron chi connectivity index (χ2n) is 4.13. The predicted octanol–water partition coefficient (Wildman–Crippen LogP) is 1.48. The van der Waals surface area contributed by atoms with Crippen molar-refractivity contribution in [3.63, 3.8) is 0 Å². The lowest BCUT2D eigenvalue weighted by Crippen LogP contribution is -2.23. The Labute approximate surface area is 112 Å². The van der Waals surface area contributed by atoms with Gasteiger partial charge in [-0.2, -0.15) is 0 Å². The van der Waals surface area contributed by atoms with Gasteiger partial charge in [0, 0.05) is 18.7 Å². The average molecular weight is 280 g/mol. The molecule has 102 valence electrons. The van der Waals surface area contributed by atoms with E-state index in [2.05, 4.69) is 10.0 Å². The summed E-state index contributed by atoms with van der Waals surface area (Å²) in [6.45, 7) is 0.847. The van der Waals surface area contributed by atoms with Gasteiger partial charge in [0.1, 0.15) is 0 Å². The van der Waals surface area contributed by atoms with Crippen molar-refractivity contribution in [1.82, 2.24) is 10.0 Å². The molecule has 6 heteroatoms. The van der Waals surface area contributed by atoms with Crippen LogP contribution >= 0.6 is 0 Å². The summed E-state index contributed by atoms with van der Waals surface area (Å²) < 4.78 is 31.7. The molecule has 2 aromatic rings. The first-order valence-corrected chi connectivity index (χ1v) is 7.34. The molecule has 0 aliphatic heterocycles. The molecule has 0 fully saturated rings. The zero-order valence-electron chi connectivity index (χ0n) is 10.6. The molecule has 19 heavy (non-hydrogen) atoms. The standard InChI is InChI=1S/C13H16N2O3S/c1-14-8-11-3-2-4-13(7-11)19(16,17)15-9-12-5-6-18-10-12/h2-7,10,14-15H,8-9H2,1H3. The zero-order chi connectivity index (χ0) is 13.7. The van der Waals surface area contributed by atoms with E-state index in [-0.39, 0.29) is 11.4 Å². The third-order valence-corrected chi connectivity index (χ3v) is 4.03. The van der Waals surface area contributed by atoms with Crippen LogP contribution in [0.1, 0.15) is 11.1 Å². The highest BCUT2D eigenvalue weighted by Gasteiger charge is 2.14. The Morgan fingerprint density at radius 2 is 2.00 bits per heavy atom. The summed E-state index contributed by atoms with van der Waals surface area (Å²) in [5.41, 5.74) is 1.71. The van der Waals surface area contributed by atoms with Crippen LogP contribution in [0, 0.1) is 0 Å². The summed E-state index contributed by atoms with van der Waals surface area (Å²) in [7, 11) is -1.68. The maximum absolute atomic E-state index is 12.1. The second kappa shape index (κ2) is 6.01. The fraction of sp³-hybridized carbons (Fsp3) is 0.231. The van der Waals surface area contributed by atoms with Gasteiger partial charge in [-0.15, -0.1) is 0 Å². The quantitative estimate of drug-likeness (QED) is 0.840. The monoisotopic (exact) mass is 280 g/mol. The number of rotatable bonds is 6. The topological polar surface area (TPSA) is 71.3 Å². The lowest BCUT2D eigenvalue weighted by molar-refractivity contribution is 0.561. The van der Waals surface area contributed by atoms with Crippen molar-refractivity contribution in [1.29, 1.82) is 0 Å². The number of furan rings is 1. The molecule has 2 rings (SSSR count). The van der Waals surface area contributed by atoms with Crippen molar-refractivity contribution >= 4 is 10.0 Å². The molecule has 0 aliphatic carbocycles. The van der Waals surface area contributed by atoms with Crippen LogP contribution in [0.5, 0.6) is 0 Å². The first kappa shape index (κ1) is 13.8. The maximum Gasteiger partial charge on any atom is 0.240 e. The Morgan fingerprint density at radius 3 is 2.68 bits per heavy atom. The van der Waals surface area contributed by atoms with E-state index in [1.165, 1.54) is 12.5 Å². The molecule has 0 bridgehead atoms. The van der Waals surface area contributed by atoms with E-state index in [1.54, 1.807) is 24.3 Å². The highest BCUT2D eigenvalue weighted by atomic mass is 32.2. The molecule has 1 aromatic heterocycles. The number of benzene rings is 1. The van der Waals surface area contributed by atoms with Gasteiger partial charge in [-0.25, -0.2) is 13.1 Å². The smallest absolute Gasteiger partial charge is 0.240 e. The van der Waals surface area contributed by atoms with Crippen molar-refractivity contribution in [2.45, 2.75) is 18.0 Å². The number of sulfonamides is 1. The van der Waals surface area contributed by atoms with Crippen LogP contribution in [0.15, 0.2) is 52.2 Å². The number of hydrogen-bond donors (Lipinski definition) is 2. The summed E-state index contributed by atoms with van der Waals surface area (Å²) in [6, 6.07) is 8.58. The number of hydrogen-bond acceptors (Lipinski definition) is 4. The summed E-state index contributed by atoms with van der Waals surface area (Å²) in [5, 5.41) is 2.99. The SMILES string of the molecule is CNCc1cccc(S(=O)(=O)NCc2ccoc2)c1. The highest BCUT2D eigenvalue weighted by molar-refractivity contribution is 7.89. The largest absolute Gasteiger partial charge is 0.472 e. The van der Waals surface area contributed by atoms with E-state index in [9.17, 15) is 8.42 Å². The van der Waals surface area contributed by atoms with Gasteiger partial charge in [-0.3, -0.25) is 0 Å². The van der Waals surface area contributed by atoms with Crippen molar-refractivity contribution in [2.75, 3.05) is 7.05 Å². The summed E-state index contributed by atoms with van der Waals surface area (Å²) >= 11 is 0. The molecule has 0 unspecified atom stereocenters. The Balaban J connectivity index is 2.12. The number of nitrogens with one attached hydrogen (secondary N) is 2. The first-order chi connectivity index (χ1) is 9.12. The molecular formula is C13H16N2O3S. The van der Waals surface area contributed by atoms with Crippen molar-refractivity contribution in [3.8, 4) is 0 Å². The van der Waals surface area contributed by atoms with E-state index >= 15 is 0 Å². The molecule has 0 saturated carbocycles. The molecule has 2 N–H and O–H groups in total. The molecule has 0 amide bonds. The lowest BCUT2D eigenvalue weighted by atomic mass is 10.2. The fourth-order valence-electron chi connectivity index (χ4n) is 1.68. The predicted molar refractivity (Wildman–Crippen MR) is 71.9 cm³/mol. The van der Waals surface area contributed by atoms with Crippen LogP contribution in [0.4, 0.5) is 0 Å². The molecule has 5 nitrogen and oxygen atoms in total. The van der Waals surface area contributed by atoms with E-state index in [0.29, 0.717) is 6.54 Å². The molecule has 0 atom stereocenters. The molecule has 0 spiro atoms. The highest BCUT2D eigenvalue weighted by Crippen LogP contribution is 2.12. The minimum absolute atomic E-state index is 0.217. The minimum Gasteiger partial charge on any atom is -0.472 e. The van der Waals surface area contributed by atoms with Crippen molar-refractivity contribution < 1.29 is 12.8 Å². The van der Waals surface area contributed by atoms with Crippen molar-refractivity contribution in [3.05, 3.63) is 54.0 Å². The van der Waals surface area contributed by atoms with Gasteiger partial charge < -0.3 is 9.73 Å². The lowest BCUT2D eigenvalue weighted by Gasteiger charge is -2.07. The molecule has 1 heterocycles. The van der Waals surface area contributed by atoms with Gasteiger partial charge in [0.25, 0.3) is 0 Å². The van der Waals surface area contributed by atoms with Gasteiger partial charge in [0.2, 0.25) is 10.0 Å². The van der Waals surface area contributed by atoms with Gasteiger partial charge in [-0.1, -0.05) is 12.1 Å². The van der Waals surface area contributed by atoms with Gasteiger partial charge in [-0.05, 0) is 30.8 Å². The van der Waals surface area contributed by atoms with E-state index in [4.69, 9.17) is 4.42 Å². The Kier molecular flexibility index (Phi) is 4.36. The molecule has 1 aromatic carbocycles. The molecule has 0 aliphatic rings. The van der Waals surface area contributed by atoms with Gasteiger partial charge in [0.05, 0.1) is 17.4 Å². The Bertz CT molecular complexity index is 621. The molecule has 0 radical (unpaired) electrons. The van der Waals surface area contributed by atoms with Crippen LogP contribution in [0.2, 0.25) is 0 Å². The van der Waals surface area contributed by atoms with E-state index in [1.807, 2.05) is 13.1 Å². The van der Waals surface area contributed by atoms with Gasteiger partial charge in [0.15, 0.2) is 0 Å². The molecule has 0 saturated heterocycles. The third-order valence-electron chi connectivity index (χ3n) is 2.64. The summed E-state index contributed by atoms with van der Waals surface area (Å²) in [5.74, 6) is 0. The van der Waals surface area contributed by atoms with E-state index < -0.39 is 10.0 Å². The fourth-order valence-corrected chi connectivity index (χ4v) is 2.77. The normalized spacial score (nSPS) is 11.6. The van der Waals surface area contributed by atoms with Crippen LogP contribution < -0.4 is 10.0 Å². The average Bonchev–Trinajstić information content (AvgIpc) is 2.90. The van der Waals surface area contributed by atoms with Crippen LogP contribution in [0.25, 0.3) is 0 Å². The van der Waals surface area contributed by atoms with Crippen LogP contribution in [-0.4, -0.2) is 15.5 Å². The summed E-state index contributed by atoms with van der Waals surface area (Å²) in [6.07, 6.45) is 3.02. The van der Waals surface area contributed by atoms with Gasteiger partial charge >= 0.3 is 0 Å². The minimum atomic E-state index is -3.50. The zero-order valence-corrected chi connectivity index (χ0v) is 11.4. The maximum atomic E-state index is 12.1.